The van der Waals surface area contributed by atoms with Crippen LogP contribution in [0.3, 0.4) is 0 Å². The van der Waals surface area contributed by atoms with Crippen molar-refractivity contribution in [3.05, 3.63) is 4.77 Å². The second kappa shape index (κ2) is 2.63. The molecule has 8 heavy (non-hydrogen) atoms. The fraction of sp³-hybridized carbons (Fsp3) is 0. The van der Waals surface area contributed by atoms with Gasteiger partial charge in [0.15, 0.2) is 0 Å². The van der Waals surface area contributed by atoms with Gasteiger partial charge in [0.25, 0.3) is 4.77 Å². The molecule has 0 bridgehead atoms. The number of rotatable bonds is 0. The predicted octanol–water partition coefficient (Wildman–Crippen LogP) is -3.95. The zero-order valence-electron chi connectivity index (χ0n) is 3.71. The molecule has 46 valence electrons. The largest absolute Gasteiger partial charge is 1.00 e. The van der Waals surface area contributed by atoms with Gasteiger partial charge < -0.3 is 18.2 Å². The van der Waals surface area contributed by atoms with E-state index >= 15 is 0 Å². The summed E-state index contributed by atoms with van der Waals surface area (Å²) in [6.07, 6.45) is 0. The molecular weight excluding hydrogens is 150 g/mol. The molecule has 0 amide bonds. The number of nitrogens with zero attached hydrogens (tertiary/aromatic N) is 3. The molecule has 0 fully saturated rings. The molecular formula is CH3ClN5S-. The summed E-state index contributed by atoms with van der Waals surface area (Å²) in [4.78, 5) is 1.05. The number of hydrogen-bond acceptors (Lipinski definition) is 4. The van der Waals surface area contributed by atoms with Crippen LogP contribution in [0.5, 0.6) is 0 Å². The molecule has 1 heterocycles. The molecule has 0 aliphatic rings. The Morgan fingerprint density at radius 1 is 1.75 bits per heavy atom. The molecule has 0 aliphatic heterocycles. The average molecular weight is 153 g/mol. The first kappa shape index (κ1) is 7.38. The first-order valence-electron chi connectivity index (χ1n) is 1.56. The van der Waals surface area contributed by atoms with Crippen molar-refractivity contribution in [3.63, 3.8) is 0 Å². The molecule has 1 aromatic heterocycles. The van der Waals surface area contributed by atoms with E-state index in [0.29, 0.717) is 0 Å². The molecule has 1 aromatic rings. The number of hydrogen-bond donors (Lipinski definition) is 2. The number of nitrogen functional groups attached to an aromatic ring is 1. The molecule has 0 unspecified atom stereocenters. The van der Waals surface area contributed by atoms with Crippen LogP contribution in [0.1, 0.15) is 0 Å². The lowest BCUT2D eigenvalue weighted by Crippen LogP contribution is -3.00. The van der Waals surface area contributed by atoms with Gasteiger partial charge in [-0.3, -0.25) is 0 Å². The Hall–Kier alpha value is -0.620. The monoisotopic (exact) mass is 152 g/mol. The second-order valence-corrected chi connectivity index (χ2v) is 1.32. The molecule has 0 atom stereocenters. The first-order valence-corrected chi connectivity index (χ1v) is 1.96. The normalized spacial score (nSPS) is 8.00. The summed E-state index contributed by atoms with van der Waals surface area (Å²) in [5.74, 6) is 5.07. The SMILES string of the molecule is Nn1[nH]nnc1=S.[Cl-]. The highest BCUT2D eigenvalue weighted by Gasteiger charge is 1.80. The minimum atomic E-state index is 0. The molecule has 0 aliphatic carbocycles. The highest BCUT2D eigenvalue weighted by molar-refractivity contribution is 7.71. The van der Waals surface area contributed by atoms with Crippen LogP contribution in [0.15, 0.2) is 0 Å². The second-order valence-electron chi connectivity index (χ2n) is 0.953. The maximum Gasteiger partial charge on any atom is 0.258 e. The molecule has 3 N–H and O–H groups in total. The molecule has 0 saturated heterocycles. The molecule has 0 radical (unpaired) electrons. The van der Waals surface area contributed by atoms with E-state index in [0.717, 1.165) is 4.79 Å². The number of halogens is 1. The summed E-state index contributed by atoms with van der Waals surface area (Å²) in [6, 6.07) is 0. The fourth-order valence-corrected chi connectivity index (χ4v) is 0.286. The van der Waals surface area contributed by atoms with Crippen LogP contribution in [0.4, 0.5) is 0 Å². The molecule has 0 aromatic carbocycles. The molecule has 5 nitrogen and oxygen atoms in total. The third kappa shape index (κ3) is 1.17. The molecule has 1 rings (SSSR count). The van der Waals surface area contributed by atoms with Crippen LogP contribution in [-0.4, -0.2) is 20.3 Å². The van der Waals surface area contributed by atoms with Gasteiger partial charge in [-0.25, -0.2) is 0 Å². The summed E-state index contributed by atoms with van der Waals surface area (Å²) in [5, 5.41) is 8.94. The lowest BCUT2D eigenvalue weighted by molar-refractivity contribution is -0.00000158. The summed E-state index contributed by atoms with van der Waals surface area (Å²) in [6.45, 7) is 0. The maximum absolute atomic E-state index is 5.07. The minimum absolute atomic E-state index is 0. The van der Waals surface area contributed by atoms with E-state index < -0.39 is 0 Å². The Kier molecular flexibility index (Phi) is 2.43. The van der Waals surface area contributed by atoms with Gasteiger partial charge in [0.2, 0.25) is 0 Å². The molecule has 7 heteroatoms. The number of nitrogens with two attached hydrogens (primary N) is 1. The Balaban J connectivity index is 0.000000490. The smallest absolute Gasteiger partial charge is 0.258 e. The van der Waals surface area contributed by atoms with Crippen molar-refractivity contribution in [3.8, 4) is 0 Å². The topological polar surface area (TPSA) is 72.5 Å². The zero-order chi connectivity index (χ0) is 5.28. The first-order chi connectivity index (χ1) is 3.30. The van der Waals surface area contributed by atoms with Gasteiger partial charge >= 0.3 is 0 Å². The van der Waals surface area contributed by atoms with Gasteiger partial charge in [-0.15, -0.1) is 0 Å². The number of tetrazole rings is 1. The van der Waals surface area contributed by atoms with Crippen LogP contribution in [-0.2, 0) is 0 Å². The Labute approximate surface area is 56.2 Å². The number of aromatic nitrogens is 4. The zero-order valence-corrected chi connectivity index (χ0v) is 5.28. The predicted molar refractivity (Wildman–Crippen MR) is 25.4 cm³/mol. The summed E-state index contributed by atoms with van der Waals surface area (Å²) in [5.41, 5.74) is 0. The minimum Gasteiger partial charge on any atom is -1.00 e. The summed E-state index contributed by atoms with van der Waals surface area (Å²) in [7, 11) is 0. The summed E-state index contributed by atoms with van der Waals surface area (Å²) >= 11 is 4.52. The van der Waals surface area contributed by atoms with Crippen LogP contribution in [0.2, 0.25) is 0 Å². The van der Waals surface area contributed by atoms with Crippen molar-refractivity contribution in [2.24, 2.45) is 0 Å². The lowest BCUT2D eigenvalue weighted by Gasteiger charge is -1.78. The van der Waals surface area contributed by atoms with Crippen molar-refractivity contribution >= 4 is 12.2 Å². The summed E-state index contributed by atoms with van der Waals surface area (Å²) < 4.78 is 0.250. The van der Waals surface area contributed by atoms with E-state index in [1.165, 1.54) is 0 Å². The van der Waals surface area contributed by atoms with Crippen LogP contribution in [0, 0.1) is 4.77 Å². The van der Waals surface area contributed by atoms with Gasteiger partial charge in [-0.2, -0.15) is 10.0 Å². The highest BCUT2D eigenvalue weighted by atomic mass is 35.5. The van der Waals surface area contributed by atoms with Gasteiger partial charge in [0.1, 0.15) is 0 Å². The lowest BCUT2D eigenvalue weighted by atomic mass is 11.4. The van der Waals surface area contributed by atoms with Gasteiger partial charge in [0.05, 0.1) is 0 Å². The van der Waals surface area contributed by atoms with Gasteiger partial charge in [-0.1, -0.05) is 5.10 Å². The van der Waals surface area contributed by atoms with Crippen molar-refractivity contribution in [2.45, 2.75) is 0 Å². The average Bonchev–Trinajstić information content (AvgIpc) is 1.91. The standard InChI is InChI=1S/CH3N5S.ClH/c2-6-1(7)3-4-5-6;/h2H2,(H,3,5,7);1H/p-1. The van der Waals surface area contributed by atoms with Crippen LogP contribution >= 0.6 is 12.2 Å². The van der Waals surface area contributed by atoms with Crippen LogP contribution in [0.25, 0.3) is 0 Å². The number of aromatic amines is 1. The van der Waals surface area contributed by atoms with E-state index in [4.69, 9.17) is 5.84 Å². The Morgan fingerprint density at radius 2 is 2.38 bits per heavy atom. The van der Waals surface area contributed by atoms with Crippen LogP contribution < -0.4 is 18.2 Å². The quantitative estimate of drug-likeness (QED) is 0.294. The van der Waals surface area contributed by atoms with Crippen molar-refractivity contribution in [1.29, 1.82) is 0 Å². The molecule has 0 spiro atoms. The van der Waals surface area contributed by atoms with E-state index in [1.807, 2.05) is 0 Å². The highest BCUT2D eigenvalue weighted by Crippen LogP contribution is 1.67. The Morgan fingerprint density at radius 3 is 2.50 bits per heavy atom. The molecule has 0 saturated carbocycles. The fourth-order valence-electron chi connectivity index (χ4n) is 0.204. The van der Waals surface area contributed by atoms with Gasteiger partial charge in [-0.05, 0) is 17.4 Å². The van der Waals surface area contributed by atoms with Gasteiger partial charge in [0, 0.05) is 0 Å². The van der Waals surface area contributed by atoms with E-state index in [9.17, 15) is 0 Å². The van der Waals surface area contributed by atoms with Crippen molar-refractivity contribution in [2.75, 3.05) is 5.84 Å². The Bertz CT molecular complexity index is 200. The third-order valence-corrected chi connectivity index (χ3v) is 0.772. The van der Waals surface area contributed by atoms with Crippen molar-refractivity contribution < 1.29 is 12.4 Å². The maximum atomic E-state index is 5.07. The number of H-pyrrole nitrogens is 1. The van der Waals surface area contributed by atoms with E-state index in [2.05, 4.69) is 27.7 Å². The third-order valence-electron chi connectivity index (χ3n) is 0.494. The number of nitrogens with one attached hydrogen (secondary N) is 1. The van der Waals surface area contributed by atoms with Crippen molar-refractivity contribution in [1.82, 2.24) is 20.3 Å². The van der Waals surface area contributed by atoms with E-state index in [-0.39, 0.29) is 17.2 Å². The van der Waals surface area contributed by atoms with E-state index in [1.54, 1.807) is 0 Å².